The molecule has 1 atom stereocenters. The van der Waals surface area contributed by atoms with E-state index in [9.17, 15) is 4.79 Å². The third kappa shape index (κ3) is 3.80. The van der Waals surface area contributed by atoms with E-state index in [1.54, 1.807) is 21.1 Å². The average Bonchev–Trinajstić information content (AvgIpc) is 2.29. The molecule has 0 aromatic heterocycles. The molecule has 18 heavy (non-hydrogen) atoms. The largest absolute Gasteiger partial charge is 0.496 e. The van der Waals surface area contributed by atoms with Crippen molar-refractivity contribution in [1.82, 2.24) is 0 Å². The molecule has 0 fully saturated rings. The van der Waals surface area contributed by atoms with Crippen LogP contribution in [0, 0.1) is 0 Å². The van der Waals surface area contributed by atoms with E-state index in [1.807, 2.05) is 12.1 Å². The van der Waals surface area contributed by atoms with Crippen LogP contribution in [0.4, 0.5) is 4.79 Å². The molecule has 0 aliphatic heterocycles. The smallest absolute Gasteiger partial charge is 0.404 e. The molecular formula is C12H16BrNO4. The lowest BCUT2D eigenvalue weighted by molar-refractivity contribution is 0.116. The number of benzene rings is 1. The molecule has 0 aliphatic carbocycles. The minimum absolute atomic E-state index is 0.331. The fraction of sp³-hybridized carbons (Fsp3) is 0.417. The zero-order valence-corrected chi connectivity index (χ0v) is 12.1. The van der Waals surface area contributed by atoms with Gasteiger partial charge in [-0.15, -0.1) is 0 Å². The van der Waals surface area contributed by atoms with Crippen molar-refractivity contribution in [1.29, 1.82) is 0 Å². The number of amides is 1. The Labute approximate surface area is 114 Å². The molecule has 0 spiro atoms. The minimum atomic E-state index is -0.787. The van der Waals surface area contributed by atoms with Crippen LogP contribution in [0.3, 0.4) is 0 Å². The van der Waals surface area contributed by atoms with Crippen LogP contribution in [0.1, 0.15) is 12.5 Å². The third-order valence-corrected chi connectivity index (χ3v) is 3.00. The second kappa shape index (κ2) is 6.49. The van der Waals surface area contributed by atoms with Gasteiger partial charge in [0.25, 0.3) is 0 Å². The van der Waals surface area contributed by atoms with Gasteiger partial charge in [0, 0.05) is 12.0 Å². The van der Waals surface area contributed by atoms with E-state index in [0.717, 1.165) is 10.0 Å². The summed E-state index contributed by atoms with van der Waals surface area (Å²) >= 11 is 3.38. The summed E-state index contributed by atoms with van der Waals surface area (Å²) in [5.41, 5.74) is 5.85. The second-order valence-electron chi connectivity index (χ2n) is 3.75. The van der Waals surface area contributed by atoms with E-state index in [0.29, 0.717) is 17.9 Å². The van der Waals surface area contributed by atoms with Gasteiger partial charge in [0.1, 0.15) is 17.6 Å². The molecule has 1 amide bonds. The summed E-state index contributed by atoms with van der Waals surface area (Å²) in [5, 5.41) is 0. The van der Waals surface area contributed by atoms with Gasteiger partial charge in [-0.3, -0.25) is 0 Å². The first-order valence-electron chi connectivity index (χ1n) is 5.34. The Bertz CT molecular complexity index is 436. The van der Waals surface area contributed by atoms with E-state index in [4.69, 9.17) is 19.9 Å². The van der Waals surface area contributed by atoms with Crippen LogP contribution < -0.4 is 15.2 Å². The van der Waals surface area contributed by atoms with Crippen molar-refractivity contribution in [2.75, 3.05) is 14.2 Å². The molecule has 1 aromatic rings. The molecule has 1 aromatic carbocycles. The Morgan fingerprint density at radius 2 is 1.94 bits per heavy atom. The van der Waals surface area contributed by atoms with Crippen molar-refractivity contribution in [3.63, 3.8) is 0 Å². The highest BCUT2D eigenvalue weighted by Crippen LogP contribution is 2.33. The lowest BCUT2D eigenvalue weighted by atomic mass is 10.1. The van der Waals surface area contributed by atoms with Crippen molar-refractivity contribution in [2.45, 2.75) is 19.4 Å². The molecule has 0 bridgehead atoms. The number of nitrogens with two attached hydrogens (primary N) is 1. The summed E-state index contributed by atoms with van der Waals surface area (Å²) in [7, 11) is 3.16. The number of ether oxygens (including phenoxy) is 3. The number of carbonyl (C=O) groups excluding carboxylic acids is 1. The van der Waals surface area contributed by atoms with E-state index >= 15 is 0 Å². The van der Waals surface area contributed by atoms with Crippen molar-refractivity contribution in [3.05, 3.63) is 22.2 Å². The number of halogens is 1. The van der Waals surface area contributed by atoms with Crippen LogP contribution >= 0.6 is 15.9 Å². The van der Waals surface area contributed by atoms with Gasteiger partial charge < -0.3 is 19.9 Å². The molecule has 2 N–H and O–H groups in total. The van der Waals surface area contributed by atoms with Gasteiger partial charge >= 0.3 is 6.09 Å². The first kappa shape index (κ1) is 14.6. The van der Waals surface area contributed by atoms with Crippen LogP contribution in [0.25, 0.3) is 0 Å². The van der Waals surface area contributed by atoms with E-state index in [1.165, 1.54) is 0 Å². The van der Waals surface area contributed by atoms with Gasteiger partial charge in [0.15, 0.2) is 0 Å². The number of hydrogen-bond acceptors (Lipinski definition) is 4. The Balaban J connectivity index is 2.95. The zero-order chi connectivity index (χ0) is 13.7. The summed E-state index contributed by atoms with van der Waals surface area (Å²) in [4.78, 5) is 10.7. The fourth-order valence-corrected chi connectivity index (χ4v) is 2.12. The summed E-state index contributed by atoms with van der Waals surface area (Å²) in [6, 6.07) is 3.65. The highest BCUT2D eigenvalue weighted by atomic mass is 79.9. The number of carbonyl (C=O) groups is 1. The first-order chi connectivity index (χ1) is 8.47. The Hall–Kier alpha value is -1.43. The van der Waals surface area contributed by atoms with E-state index in [2.05, 4.69) is 15.9 Å². The van der Waals surface area contributed by atoms with Gasteiger partial charge in [-0.1, -0.05) is 0 Å². The predicted octanol–water partition coefficient (Wildman–Crippen LogP) is 2.49. The van der Waals surface area contributed by atoms with E-state index in [-0.39, 0.29) is 6.10 Å². The standard InChI is InChI=1S/C12H16BrNO4/c1-7(18-12(14)15)4-8-5-11(17-3)9(13)6-10(8)16-2/h5-7H,4H2,1-3H3,(H2,14,15). The molecule has 0 saturated heterocycles. The molecule has 0 aliphatic rings. The van der Waals surface area contributed by atoms with Crippen molar-refractivity contribution in [2.24, 2.45) is 5.73 Å². The lowest BCUT2D eigenvalue weighted by Gasteiger charge is -2.15. The molecular weight excluding hydrogens is 302 g/mol. The maximum atomic E-state index is 10.7. The van der Waals surface area contributed by atoms with Crippen molar-refractivity contribution in [3.8, 4) is 11.5 Å². The number of hydrogen-bond donors (Lipinski definition) is 1. The molecule has 0 radical (unpaired) electrons. The molecule has 0 heterocycles. The third-order valence-electron chi connectivity index (χ3n) is 2.38. The summed E-state index contributed by atoms with van der Waals surface area (Å²) in [6.45, 7) is 1.76. The predicted molar refractivity (Wildman–Crippen MR) is 71.1 cm³/mol. The van der Waals surface area contributed by atoms with Crippen molar-refractivity contribution >= 4 is 22.0 Å². The monoisotopic (exact) mass is 317 g/mol. The Kier molecular flexibility index (Phi) is 5.27. The second-order valence-corrected chi connectivity index (χ2v) is 4.60. The number of rotatable bonds is 5. The van der Waals surface area contributed by atoms with E-state index < -0.39 is 6.09 Å². The molecule has 5 nitrogen and oxygen atoms in total. The normalized spacial score (nSPS) is 11.8. The number of methoxy groups -OCH3 is 2. The zero-order valence-electron chi connectivity index (χ0n) is 10.5. The van der Waals surface area contributed by atoms with Crippen LogP contribution in [-0.4, -0.2) is 26.4 Å². The topological polar surface area (TPSA) is 70.8 Å². The maximum Gasteiger partial charge on any atom is 0.404 e. The Morgan fingerprint density at radius 1 is 1.33 bits per heavy atom. The molecule has 0 saturated carbocycles. The minimum Gasteiger partial charge on any atom is -0.496 e. The van der Waals surface area contributed by atoms with Crippen LogP contribution in [0.5, 0.6) is 11.5 Å². The Morgan fingerprint density at radius 3 is 2.44 bits per heavy atom. The molecule has 1 unspecified atom stereocenters. The van der Waals surface area contributed by atoms with Crippen LogP contribution in [0.15, 0.2) is 16.6 Å². The lowest BCUT2D eigenvalue weighted by Crippen LogP contribution is -2.22. The highest BCUT2D eigenvalue weighted by molar-refractivity contribution is 9.10. The molecule has 1 rings (SSSR count). The van der Waals surface area contributed by atoms with Gasteiger partial charge in [-0.25, -0.2) is 4.79 Å². The van der Waals surface area contributed by atoms with Crippen LogP contribution in [-0.2, 0) is 11.2 Å². The fourth-order valence-electron chi connectivity index (χ4n) is 1.63. The van der Waals surface area contributed by atoms with Gasteiger partial charge in [-0.05, 0) is 35.0 Å². The SMILES string of the molecule is COc1cc(CC(C)OC(N)=O)c(OC)cc1Br. The maximum absolute atomic E-state index is 10.7. The summed E-state index contributed by atoms with van der Waals surface area (Å²) in [6.07, 6.45) is -0.622. The first-order valence-corrected chi connectivity index (χ1v) is 6.13. The quantitative estimate of drug-likeness (QED) is 0.905. The highest BCUT2D eigenvalue weighted by Gasteiger charge is 2.14. The van der Waals surface area contributed by atoms with Gasteiger partial charge in [-0.2, -0.15) is 0 Å². The van der Waals surface area contributed by atoms with Crippen LogP contribution in [0.2, 0.25) is 0 Å². The molecule has 6 heteroatoms. The molecule has 100 valence electrons. The summed E-state index contributed by atoms with van der Waals surface area (Å²) < 4.78 is 16.2. The van der Waals surface area contributed by atoms with Gasteiger partial charge in [0.2, 0.25) is 0 Å². The summed E-state index contributed by atoms with van der Waals surface area (Å²) in [5.74, 6) is 1.39. The van der Waals surface area contributed by atoms with Gasteiger partial charge in [0.05, 0.1) is 18.7 Å². The number of primary amides is 1. The average molecular weight is 318 g/mol. The van der Waals surface area contributed by atoms with Crippen molar-refractivity contribution < 1.29 is 19.0 Å².